The Morgan fingerprint density at radius 3 is 2.41 bits per heavy atom. The van der Waals surface area contributed by atoms with Crippen molar-refractivity contribution >= 4 is 5.91 Å². The van der Waals surface area contributed by atoms with Crippen LogP contribution in [0.5, 0.6) is 0 Å². The van der Waals surface area contributed by atoms with Crippen LogP contribution in [0.25, 0.3) is 0 Å². The lowest BCUT2D eigenvalue weighted by Crippen LogP contribution is -2.52. The second-order valence-electron chi connectivity index (χ2n) is 7.73. The van der Waals surface area contributed by atoms with Crippen molar-refractivity contribution in [3.8, 4) is 0 Å². The largest absolute Gasteiger partial charge is 0.340 e. The van der Waals surface area contributed by atoms with Crippen molar-refractivity contribution in [1.29, 1.82) is 0 Å². The lowest BCUT2D eigenvalue weighted by atomic mass is 9.86. The highest BCUT2D eigenvalue weighted by Gasteiger charge is 2.28. The van der Waals surface area contributed by atoms with Gasteiger partial charge in [-0.1, -0.05) is 6.92 Å². The van der Waals surface area contributed by atoms with E-state index in [-0.39, 0.29) is 0 Å². The van der Waals surface area contributed by atoms with Crippen molar-refractivity contribution in [2.45, 2.75) is 57.9 Å². The van der Waals surface area contributed by atoms with Crippen LogP contribution in [0.4, 0.5) is 0 Å². The van der Waals surface area contributed by atoms with E-state index in [9.17, 15) is 4.79 Å². The summed E-state index contributed by atoms with van der Waals surface area (Å²) in [6.07, 6.45) is 8.59. The van der Waals surface area contributed by atoms with Gasteiger partial charge < -0.3 is 10.2 Å². The van der Waals surface area contributed by atoms with Crippen LogP contribution in [-0.2, 0) is 4.79 Å². The summed E-state index contributed by atoms with van der Waals surface area (Å²) < 4.78 is 0. The van der Waals surface area contributed by atoms with Crippen molar-refractivity contribution < 1.29 is 4.79 Å². The highest BCUT2D eigenvalue weighted by molar-refractivity contribution is 5.76. The van der Waals surface area contributed by atoms with Gasteiger partial charge in [0.25, 0.3) is 0 Å². The summed E-state index contributed by atoms with van der Waals surface area (Å²) in [5, 5.41) is 3.39. The summed E-state index contributed by atoms with van der Waals surface area (Å²) in [6.45, 7) is 8.72. The lowest BCUT2D eigenvalue weighted by Gasteiger charge is -2.41. The molecule has 1 atom stereocenters. The number of carbonyl (C=O) groups is 1. The first kappa shape index (κ1) is 16.3. The Hall–Kier alpha value is -0.610. The van der Waals surface area contributed by atoms with Gasteiger partial charge in [-0.05, 0) is 63.5 Å². The van der Waals surface area contributed by atoms with Gasteiger partial charge in [0.1, 0.15) is 0 Å². The third-order valence-electron chi connectivity index (χ3n) is 6.10. The number of nitrogens with one attached hydrogen (secondary N) is 1. The molecule has 1 saturated carbocycles. The number of rotatable bonds is 4. The summed E-state index contributed by atoms with van der Waals surface area (Å²) in [6, 6.07) is 0.790. The van der Waals surface area contributed by atoms with Crippen LogP contribution in [0, 0.1) is 11.8 Å². The molecule has 3 rings (SSSR count). The van der Waals surface area contributed by atoms with Crippen LogP contribution in [0.15, 0.2) is 0 Å². The fourth-order valence-electron chi connectivity index (χ4n) is 4.39. The van der Waals surface area contributed by atoms with E-state index in [0.717, 1.165) is 70.0 Å². The third kappa shape index (κ3) is 4.23. The molecule has 2 saturated heterocycles. The van der Waals surface area contributed by atoms with Gasteiger partial charge in [-0.15, -0.1) is 0 Å². The van der Waals surface area contributed by atoms with Crippen LogP contribution in [0.3, 0.4) is 0 Å². The average Bonchev–Trinajstić information content (AvgIpc) is 3.07. The Bertz CT molecular complexity index is 351. The molecule has 0 spiro atoms. The minimum absolute atomic E-state index is 0.392. The summed E-state index contributed by atoms with van der Waals surface area (Å²) >= 11 is 0. The molecule has 4 heteroatoms. The molecule has 1 amide bonds. The molecule has 4 nitrogen and oxygen atoms in total. The molecule has 22 heavy (non-hydrogen) atoms. The van der Waals surface area contributed by atoms with Gasteiger partial charge in [0.15, 0.2) is 0 Å². The summed E-state index contributed by atoms with van der Waals surface area (Å²) in [5.41, 5.74) is 0. The van der Waals surface area contributed by atoms with Gasteiger partial charge in [0.2, 0.25) is 5.91 Å². The maximum atomic E-state index is 12.4. The predicted molar refractivity (Wildman–Crippen MR) is 89.8 cm³/mol. The maximum absolute atomic E-state index is 12.4. The number of piperazine rings is 1. The maximum Gasteiger partial charge on any atom is 0.222 e. The van der Waals surface area contributed by atoms with Gasteiger partial charge in [0, 0.05) is 38.6 Å². The summed E-state index contributed by atoms with van der Waals surface area (Å²) in [5.74, 6) is 2.04. The fourth-order valence-corrected chi connectivity index (χ4v) is 4.39. The van der Waals surface area contributed by atoms with Crippen molar-refractivity contribution in [2.24, 2.45) is 11.8 Å². The lowest BCUT2D eigenvalue weighted by molar-refractivity contribution is -0.133. The van der Waals surface area contributed by atoms with Crippen LogP contribution < -0.4 is 5.32 Å². The van der Waals surface area contributed by atoms with E-state index in [4.69, 9.17) is 0 Å². The minimum Gasteiger partial charge on any atom is -0.340 e. The molecule has 3 fully saturated rings. The van der Waals surface area contributed by atoms with Gasteiger partial charge in [0.05, 0.1) is 0 Å². The number of hydrogen-bond donors (Lipinski definition) is 1. The Balaban J connectivity index is 1.36. The minimum atomic E-state index is 0.392. The Kier molecular flexibility index (Phi) is 5.75. The van der Waals surface area contributed by atoms with E-state index < -0.39 is 0 Å². The monoisotopic (exact) mass is 307 g/mol. The molecule has 1 aliphatic carbocycles. The van der Waals surface area contributed by atoms with Crippen molar-refractivity contribution in [2.75, 3.05) is 39.3 Å². The topological polar surface area (TPSA) is 35.6 Å². The molecular weight excluding hydrogens is 274 g/mol. The predicted octanol–water partition coefficient (Wildman–Crippen LogP) is 2.10. The van der Waals surface area contributed by atoms with Crippen LogP contribution in [0.1, 0.15) is 51.9 Å². The van der Waals surface area contributed by atoms with E-state index >= 15 is 0 Å². The zero-order valence-corrected chi connectivity index (χ0v) is 14.2. The van der Waals surface area contributed by atoms with Crippen LogP contribution >= 0.6 is 0 Å². The molecule has 0 aromatic rings. The van der Waals surface area contributed by atoms with Gasteiger partial charge in [-0.3, -0.25) is 9.69 Å². The second kappa shape index (κ2) is 7.78. The molecule has 1 unspecified atom stereocenters. The normalized spacial score (nSPS) is 34.0. The fraction of sp³-hybridized carbons (Fsp3) is 0.944. The molecule has 0 aromatic carbocycles. The van der Waals surface area contributed by atoms with E-state index in [1.54, 1.807) is 0 Å². The molecule has 3 aliphatic rings. The van der Waals surface area contributed by atoms with E-state index in [1.807, 2.05) is 0 Å². The summed E-state index contributed by atoms with van der Waals surface area (Å²) in [4.78, 5) is 17.1. The van der Waals surface area contributed by atoms with Crippen LogP contribution in [0.2, 0.25) is 0 Å². The first-order valence-corrected chi connectivity index (χ1v) is 9.45. The second-order valence-corrected chi connectivity index (χ2v) is 7.73. The van der Waals surface area contributed by atoms with Gasteiger partial charge in [-0.25, -0.2) is 0 Å². The molecule has 2 aliphatic heterocycles. The number of amides is 1. The molecule has 126 valence electrons. The third-order valence-corrected chi connectivity index (χ3v) is 6.10. The number of carbonyl (C=O) groups excluding carboxylic acids is 1. The Morgan fingerprint density at radius 1 is 1.05 bits per heavy atom. The first-order chi connectivity index (χ1) is 10.7. The van der Waals surface area contributed by atoms with Gasteiger partial charge >= 0.3 is 0 Å². The standard InChI is InChI=1S/C18H33N3O/c1-15-2-5-17(6-3-15)20-10-12-21(13-11-20)18(22)7-4-16-8-9-19-14-16/h15-17,19H,2-14H2,1H3. The zero-order chi connectivity index (χ0) is 15.4. The summed E-state index contributed by atoms with van der Waals surface area (Å²) in [7, 11) is 0. The first-order valence-electron chi connectivity index (χ1n) is 9.45. The number of nitrogens with zero attached hydrogens (tertiary/aromatic N) is 2. The Labute approximate surface area is 135 Å². The van der Waals surface area contributed by atoms with E-state index in [2.05, 4.69) is 22.0 Å². The van der Waals surface area contributed by atoms with E-state index in [0.29, 0.717) is 5.91 Å². The molecule has 0 aromatic heterocycles. The van der Waals surface area contributed by atoms with E-state index in [1.165, 1.54) is 32.1 Å². The smallest absolute Gasteiger partial charge is 0.222 e. The van der Waals surface area contributed by atoms with Gasteiger partial charge in [-0.2, -0.15) is 0 Å². The van der Waals surface area contributed by atoms with Crippen molar-refractivity contribution in [3.63, 3.8) is 0 Å². The number of hydrogen-bond acceptors (Lipinski definition) is 3. The molecule has 0 radical (unpaired) electrons. The van der Waals surface area contributed by atoms with Crippen LogP contribution in [-0.4, -0.2) is 61.0 Å². The molecule has 0 bridgehead atoms. The van der Waals surface area contributed by atoms with Crippen molar-refractivity contribution in [3.05, 3.63) is 0 Å². The molecule has 1 N–H and O–H groups in total. The highest BCUT2D eigenvalue weighted by Crippen LogP contribution is 2.27. The van der Waals surface area contributed by atoms with Crippen molar-refractivity contribution in [1.82, 2.24) is 15.1 Å². The zero-order valence-electron chi connectivity index (χ0n) is 14.2. The average molecular weight is 307 g/mol. The molecule has 2 heterocycles. The SMILES string of the molecule is CC1CCC(N2CCN(C(=O)CCC3CCNC3)CC2)CC1. The highest BCUT2D eigenvalue weighted by atomic mass is 16.2. The quantitative estimate of drug-likeness (QED) is 0.864. The Morgan fingerprint density at radius 2 is 1.77 bits per heavy atom. The molecular formula is C18H33N3O.